The first-order chi connectivity index (χ1) is 6.92. The molecule has 0 aromatic heterocycles. The van der Waals surface area contributed by atoms with E-state index in [0.717, 1.165) is 17.8 Å². The van der Waals surface area contributed by atoms with Gasteiger partial charge in [0.15, 0.2) is 0 Å². The van der Waals surface area contributed by atoms with Gasteiger partial charge in [-0.2, -0.15) is 0 Å². The van der Waals surface area contributed by atoms with Crippen LogP contribution >= 0.6 is 0 Å². The van der Waals surface area contributed by atoms with Crippen LogP contribution in [-0.2, 0) is 0 Å². The SMILES string of the molecule is C=CCCCC1CCC2C=CC=CC21. The van der Waals surface area contributed by atoms with Gasteiger partial charge in [0.2, 0.25) is 0 Å². The fraction of sp³-hybridized carbons (Fsp3) is 0.571. The van der Waals surface area contributed by atoms with Crippen LogP contribution in [0, 0.1) is 17.8 Å². The number of unbranched alkanes of at least 4 members (excludes halogenated alkanes) is 1. The Kier molecular flexibility index (Phi) is 3.23. The molecule has 0 saturated heterocycles. The smallest absolute Gasteiger partial charge is 0.0139 e. The average molecular weight is 188 g/mol. The maximum atomic E-state index is 3.78. The third-order valence-electron chi connectivity index (χ3n) is 3.70. The van der Waals surface area contributed by atoms with E-state index in [2.05, 4.69) is 30.9 Å². The molecule has 0 spiro atoms. The van der Waals surface area contributed by atoms with Crippen LogP contribution in [0.2, 0.25) is 0 Å². The molecule has 2 aliphatic rings. The predicted molar refractivity (Wildman–Crippen MR) is 62.0 cm³/mol. The summed E-state index contributed by atoms with van der Waals surface area (Å²) in [4.78, 5) is 0. The van der Waals surface area contributed by atoms with Crippen molar-refractivity contribution in [2.45, 2.75) is 32.1 Å². The van der Waals surface area contributed by atoms with Gasteiger partial charge >= 0.3 is 0 Å². The second-order valence-electron chi connectivity index (χ2n) is 4.57. The standard InChI is InChI=1S/C14H20/c1-2-3-4-7-12-10-11-13-8-5-6-9-14(12)13/h2,5-6,8-9,12-14H,1,3-4,7,10-11H2. The number of fused-ring (bicyclic) bond motifs is 1. The molecule has 1 fully saturated rings. The number of hydrogen-bond donors (Lipinski definition) is 0. The van der Waals surface area contributed by atoms with Crippen molar-refractivity contribution in [3.63, 3.8) is 0 Å². The molecule has 2 rings (SSSR count). The van der Waals surface area contributed by atoms with Crippen molar-refractivity contribution in [2.24, 2.45) is 17.8 Å². The topological polar surface area (TPSA) is 0 Å². The minimum atomic E-state index is 0.852. The van der Waals surface area contributed by atoms with Crippen LogP contribution in [0.5, 0.6) is 0 Å². The van der Waals surface area contributed by atoms with E-state index in [1.165, 1.54) is 32.1 Å². The second kappa shape index (κ2) is 4.63. The molecule has 0 nitrogen and oxygen atoms in total. The second-order valence-corrected chi connectivity index (χ2v) is 4.57. The first kappa shape index (κ1) is 9.76. The maximum Gasteiger partial charge on any atom is -0.0139 e. The van der Waals surface area contributed by atoms with Crippen LogP contribution in [0.4, 0.5) is 0 Å². The Hall–Kier alpha value is -0.780. The molecule has 0 amide bonds. The van der Waals surface area contributed by atoms with Crippen molar-refractivity contribution in [1.29, 1.82) is 0 Å². The molecule has 0 heterocycles. The summed E-state index contributed by atoms with van der Waals surface area (Å²) in [6.07, 6.45) is 18.1. The van der Waals surface area contributed by atoms with Gasteiger partial charge in [-0.1, -0.05) is 30.4 Å². The molecule has 0 aromatic carbocycles. The molecule has 1 saturated carbocycles. The zero-order valence-electron chi connectivity index (χ0n) is 8.86. The van der Waals surface area contributed by atoms with Crippen LogP contribution < -0.4 is 0 Å². The quantitative estimate of drug-likeness (QED) is 0.460. The normalized spacial score (nSPS) is 34.4. The van der Waals surface area contributed by atoms with Gasteiger partial charge in [0.1, 0.15) is 0 Å². The number of allylic oxidation sites excluding steroid dienone is 5. The molecule has 14 heavy (non-hydrogen) atoms. The molecule has 3 unspecified atom stereocenters. The summed E-state index contributed by atoms with van der Waals surface area (Å²) in [5, 5.41) is 0. The van der Waals surface area contributed by atoms with Gasteiger partial charge in [0.25, 0.3) is 0 Å². The summed E-state index contributed by atoms with van der Waals surface area (Å²) in [5.41, 5.74) is 0. The lowest BCUT2D eigenvalue weighted by Crippen LogP contribution is -2.12. The molecule has 0 aromatic rings. The van der Waals surface area contributed by atoms with E-state index in [1.807, 2.05) is 6.08 Å². The van der Waals surface area contributed by atoms with Gasteiger partial charge in [0, 0.05) is 0 Å². The number of hydrogen-bond acceptors (Lipinski definition) is 0. The minimum absolute atomic E-state index is 0.852. The van der Waals surface area contributed by atoms with Gasteiger partial charge in [-0.25, -0.2) is 0 Å². The lowest BCUT2D eigenvalue weighted by molar-refractivity contribution is 0.386. The van der Waals surface area contributed by atoms with Crippen molar-refractivity contribution >= 4 is 0 Å². The molecular formula is C14H20. The highest BCUT2D eigenvalue weighted by atomic mass is 14.4. The predicted octanol–water partition coefficient (Wildman–Crippen LogP) is 4.11. The summed E-state index contributed by atoms with van der Waals surface area (Å²) in [5.74, 6) is 2.65. The molecule has 0 bridgehead atoms. The Bertz CT molecular complexity index is 247. The third kappa shape index (κ3) is 2.00. The first-order valence-corrected chi connectivity index (χ1v) is 5.87. The molecule has 0 radical (unpaired) electrons. The maximum absolute atomic E-state index is 3.78. The Labute approximate surface area is 87.4 Å². The lowest BCUT2D eigenvalue weighted by Gasteiger charge is -2.21. The molecule has 0 heteroatoms. The monoisotopic (exact) mass is 188 g/mol. The largest absolute Gasteiger partial charge is 0.103 e. The Morgan fingerprint density at radius 3 is 2.93 bits per heavy atom. The van der Waals surface area contributed by atoms with E-state index in [1.54, 1.807) is 0 Å². The summed E-state index contributed by atoms with van der Waals surface area (Å²) in [6.45, 7) is 3.78. The van der Waals surface area contributed by atoms with E-state index in [-0.39, 0.29) is 0 Å². The van der Waals surface area contributed by atoms with Crippen molar-refractivity contribution in [3.05, 3.63) is 37.0 Å². The van der Waals surface area contributed by atoms with Crippen LogP contribution in [0.15, 0.2) is 37.0 Å². The molecule has 3 atom stereocenters. The van der Waals surface area contributed by atoms with Gasteiger partial charge < -0.3 is 0 Å². The summed E-state index contributed by atoms with van der Waals surface area (Å²) in [7, 11) is 0. The highest BCUT2D eigenvalue weighted by molar-refractivity contribution is 5.17. The highest BCUT2D eigenvalue weighted by Gasteiger charge is 2.32. The van der Waals surface area contributed by atoms with E-state index in [4.69, 9.17) is 0 Å². The van der Waals surface area contributed by atoms with Gasteiger partial charge in [-0.15, -0.1) is 6.58 Å². The van der Waals surface area contributed by atoms with E-state index in [9.17, 15) is 0 Å². The molecule has 76 valence electrons. The van der Waals surface area contributed by atoms with Crippen molar-refractivity contribution in [2.75, 3.05) is 0 Å². The molecular weight excluding hydrogens is 168 g/mol. The Balaban J connectivity index is 1.86. The highest BCUT2D eigenvalue weighted by Crippen LogP contribution is 2.42. The van der Waals surface area contributed by atoms with E-state index < -0.39 is 0 Å². The van der Waals surface area contributed by atoms with Crippen LogP contribution in [0.3, 0.4) is 0 Å². The number of rotatable bonds is 4. The van der Waals surface area contributed by atoms with Gasteiger partial charge in [0.05, 0.1) is 0 Å². The van der Waals surface area contributed by atoms with Gasteiger partial charge in [-0.05, 0) is 49.9 Å². The zero-order chi connectivity index (χ0) is 9.80. The third-order valence-corrected chi connectivity index (χ3v) is 3.70. The fourth-order valence-electron chi connectivity index (χ4n) is 2.93. The Morgan fingerprint density at radius 2 is 2.07 bits per heavy atom. The molecule has 2 aliphatic carbocycles. The summed E-state index contributed by atoms with van der Waals surface area (Å²) < 4.78 is 0. The first-order valence-electron chi connectivity index (χ1n) is 5.87. The van der Waals surface area contributed by atoms with E-state index >= 15 is 0 Å². The lowest BCUT2D eigenvalue weighted by atomic mass is 9.84. The Morgan fingerprint density at radius 1 is 1.21 bits per heavy atom. The van der Waals surface area contributed by atoms with Crippen molar-refractivity contribution < 1.29 is 0 Å². The minimum Gasteiger partial charge on any atom is -0.103 e. The molecule has 0 aliphatic heterocycles. The van der Waals surface area contributed by atoms with Crippen molar-refractivity contribution in [3.8, 4) is 0 Å². The zero-order valence-corrected chi connectivity index (χ0v) is 8.86. The van der Waals surface area contributed by atoms with Crippen molar-refractivity contribution in [1.82, 2.24) is 0 Å². The summed E-state index contributed by atoms with van der Waals surface area (Å²) in [6, 6.07) is 0. The fourth-order valence-corrected chi connectivity index (χ4v) is 2.93. The van der Waals surface area contributed by atoms with E-state index in [0.29, 0.717) is 0 Å². The summed E-state index contributed by atoms with van der Waals surface area (Å²) >= 11 is 0. The average Bonchev–Trinajstić information content (AvgIpc) is 2.63. The van der Waals surface area contributed by atoms with Gasteiger partial charge in [-0.3, -0.25) is 0 Å². The van der Waals surface area contributed by atoms with Crippen LogP contribution in [0.1, 0.15) is 32.1 Å². The van der Waals surface area contributed by atoms with Crippen LogP contribution in [-0.4, -0.2) is 0 Å². The van der Waals surface area contributed by atoms with Crippen LogP contribution in [0.25, 0.3) is 0 Å². The molecule has 0 N–H and O–H groups in total.